The molecule has 0 aliphatic carbocycles. The summed E-state index contributed by atoms with van der Waals surface area (Å²) in [5.74, 6) is 1.11. The number of nitrogen functional groups attached to an aromatic ring is 1. The van der Waals surface area contributed by atoms with Crippen LogP contribution >= 0.6 is 23.4 Å². The van der Waals surface area contributed by atoms with Gasteiger partial charge in [-0.3, -0.25) is 0 Å². The Morgan fingerprint density at radius 3 is 2.84 bits per heavy atom. The number of thioether (sulfide) groups is 1. The molecule has 2 rings (SSSR count). The summed E-state index contributed by atoms with van der Waals surface area (Å²) in [7, 11) is -3.51. The van der Waals surface area contributed by atoms with Crippen LogP contribution in [0.1, 0.15) is 18.4 Å². The van der Waals surface area contributed by atoms with Crippen LogP contribution in [0.25, 0.3) is 0 Å². The first kappa shape index (κ1) is 15.0. The van der Waals surface area contributed by atoms with E-state index in [1.54, 1.807) is 13.0 Å². The lowest BCUT2D eigenvalue weighted by atomic mass is 10.2. The number of rotatable bonds is 4. The molecule has 1 aromatic carbocycles. The predicted octanol–water partition coefficient (Wildman–Crippen LogP) is 2.40. The van der Waals surface area contributed by atoms with Gasteiger partial charge in [0.15, 0.2) is 0 Å². The minimum absolute atomic E-state index is 0.176. The van der Waals surface area contributed by atoms with Crippen LogP contribution < -0.4 is 10.5 Å². The van der Waals surface area contributed by atoms with E-state index in [2.05, 4.69) is 4.72 Å². The molecule has 1 unspecified atom stereocenters. The highest BCUT2D eigenvalue weighted by Crippen LogP contribution is 2.28. The second-order valence-corrected chi connectivity index (χ2v) is 8.18. The molecule has 0 aromatic heterocycles. The zero-order valence-electron chi connectivity index (χ0n) is 10.6. The first-order valence-electron chi connectivity index (χ1n) is 6.07. The second-order valence-electron chi connectivity index (χ2n) is 4.63. The number of nitrogens with two attached hydrogens (primary N) is 1. The molecule has 1 aromatic rings. The van der Waals surface area contributed by atoms with Crippen molar-refractivity contribution < 1.29 is 8.42 Å². The standard InChI is InChI=1S/C12H17ClN2O2S2/c1-8-5-10(6-11(14)12(8)13)19(16,17)15-7-9-3-2-4-18-9/h5-6,9,15H,2-4,7,14H2,1H3. The zero-order chi connectivity index (χ0) is 14.0. The lowest BCUT2D eigenvalue weighted by molar-refractivity contribution is 0.579. The van der Waals surface area contributed by atoms with Crippen molar-refractivity contribution in [2.45, 2.75) is 29.9 Å². The fraction of sp³-hybridized carbons (Fsp3) is 0.500. The van der Waals surface area contributed by atoms with E-state index in [1.165, 1.54) is 6.07 Å². The highest BCUT2D eigenvalue weighted by atomic mass is 35.5. The van der Waals surface area contributed by atoms with Gasteiger partial charge >= 0.3 is 0 Å². The number of nitrogens with one attached hydrogen (secondary N) is 1. The van der Waals surface area contributed by atoms with E-state index < -0.39 is 10.0 Å². The van der Waals surface area contributed by atoms with Crippen molar-refractivity contribution in [3.8, 4) is 0 Å². The van der Waals surface area contributed by atoms with E-state index in [0.29, 0.717) is 22.4 Å². The van der Waals surface area contributed by atoms with Crippen molar-refractivity contribution >= 4 is 39.1 Å². The van der Waals surface area contributed by atoms with E-state index in [1.807, 2.05) is 11.8 Å². The number of anilines is 1. The maximum Gasteiger partial charge on any atom is 0.240 e. The number of halogens is 1. The van der Waals surface area contributed by atoms with Gasteiger partial charge in [0.25, 0.3) is 0 Å². The van der Waals surface area contributed by atoms with Gasteiger partial charge in [-0.05, 0) is 43.2 Å². The van der Waals surface area contributed by atoms with E-state index in [9.17, 15) is 8.42 Å². The summed E-state index contributed by atoms with van der Waals surface area (Å²) >= 11 is 7.75. The third-order valence-electron chi connectivity index (χ3n) is 3.09. The van der Waals surface area contributed by atoms with Gasteiger partial charge in [-0.15, -0.1) is 0 Å². The van der Waals surface area contributed by atoms with Gasteiger partial charge in [0, 0.05) is 11.8 Å². The number of sulfonamides is 1. The van der Waals surface area contributed by atoms with Gasteiger partial charge in [0.1, 0.15) is 0 Å². The highest BCUT2D eigenvalue weighted by molar-refractivity contribution is 8.00. The molecule has 4 nitrogen and oxygen atoms in total. The monoisotopic (exact) mass is 320 g/mol. The molecule has 0 amide bonds. The summed E-state index contributed by atoms with van der Waals surface area (Å²) in [6, 6.07) is 2.95. The average molecular weight is 321 g/mol. The van der Waals surface area contributed by atoms with Crippen LogP contribution in [0.5, 0.6) is 0 Å². The number of hydrogen-bond donors (Lipinski definition) is 2. The van der Waals surface area contributed by atoms with Crippen molar-refractivity contribution in [1.29, 1.82) is 0 Å². The molecule has 1 atom stereocenters. The third kappa shape index (κ3) is 3.56. The maximum absolute atomic E-state index is 12.2. The fourth-order valence-corrected chi connectivity index (χ4v) is 4.63. The molecule has 1 aliphatic rings. The van der Waals surface area contributed by atoms with Gasteiger partial charge in [-0.25, -0.2) is 13.1 Å². The van der Waals surface area contributed by atoms with Gasteiger partial charge in [-0.1, -0.05) is 11.6 Å². The highest BCUT2D eigenvalue weighted by Gasteiger charge is 2.21. The van der Waals surface area contributed by atoms with E-state index in [-0.39, 0.29) is 10.6 Å². The van der Waals surface area contributed by atoms with E-state index >= 15 is 0 Å². The van der Waals surface area contributed by atoms with Crippen LogP contribution in [0.2, 0.25) is 5.02 Å². The molecule has 7 heteroatoms. The Hall–Kier alpha value is -0.430. The maximum atomic E-state index is 12.2. The molecular weight excluding hydrogens is 304 g/mol. The Morgan fingerprint density at radius 2 is 2.26 bits per heavy atom. The van der Waals surface area contributed by atoms with Crippen LogP contribution in [-0.4, -0.2) is 26.0 Å². The van der Waals surface area contributed by atoms with Gasteiger partial charge < -0.3 is 5.73 Å². The topological polar surface area (TPSA) is 72.2 Å². The minimum Gasteiger partial charge on any atom is -0.397 e. The molecule has 1 fully saturated rings. The normalized spacial score (nSPS) is 19.8. The molecule has 0 radical (unpaired) electrons. The van der Waals surface area contributed by atoms with Gasteiger partial charge in [0.05, 0.1) is 15.6 Å². The van der Waals surface area contributed by atoms with Gasteiger partial charge in [-0.2, -0.15) is 11.8 Å². The predicted molar refractivity (Wildman–Crippen MR) is 81.3 cm³/mol. The van der Waals surface area contributed by atoms with Gasteiger partial charge in [0.2, 0.25) is 10.0 Å². The summed E-state index contributed by atoms with van der Waals surface area (Å²) in [5, 5.41) is 0.783. The quantitative estimate of drug-likeness (QED) is 0.836. The molecule has 19 heavy (non-hydrogen) atoms. The number of aryl methyl sites for hydroxylation is 1. The molecule has 1 heterocycles. The van der Waals surface area contributed by atoms with Crippen LogP contribution in [0.15, 0.2) is 17.0 Å². The summed E-state index contributed by atoms with van der Waals surface area (Å²) in [6.07, 6.45) is 2.22. The lowest BCUT2D eigenvalue weighted by Gasteiger charge is -2.12. The average Bonchev–Trinajstić information content (AvgIpc) is 2.86. The minimum atomic E-state index is -3.51. The van der Waals surface area contributed by atoms with Crippen molar-refractivity contribution in [3.05, 3.63) is 22.7 Å². The van der Waals surface area contributed by atoms with E-state index in [0.717, 1.165) is 18.6 Å². The third-order valence-corrected chi connectivity index (χ3v) is 6.41. The Kier molecular flexibility index (Phi) is 4.66. The zero-order valence-corrected chi connectivity index (χ0v) is 13.0. The number of hydrogen-bond acceptors (Lipinski definition) is 4. The molecule has 1 saturated heterocycles. The van der Waals surface area contributed by atoms with Crippen LogP contribution in [0.4, 0.5) is 5.69 Å². The number of benzene rings is 1. The lowest BCUT2D eigenvalue weighted by Crippen LogP contribution is -2.30. The first-order chi connectivity index (χ1) is 8.90. The Balaban J connectivity index is 2.14. The smallest absolute Gasteiger partial charge is 0.240 e. The molecular formula is C12H17ClN2O2S2. The molecule has 0 saturated carbocycles. The van der Waals surface area contributed by atoms with Crippen molar-refractivity contribution in [3.63, 3.8) is 0 Å². The van der Waals surface area contributed by atoms with Crippen LogP contribution in [0.3, 0.4) is 0 Å². The second kappa shape index (κ2) is 5.91. The Labute approximate surface area is 123 Å². The van der Waals surface area contributed by atoms with Crippen LogP contribution in [0, 0.1) is 6.92 Å². The first-order valence-corrected chi connectivity index (χ1v) is 8.98. The van der Waals surface area contributed by atoms with E-state index in [4.69, 9.17) is 17.3 Å². The molecule has 3 N–H and O–H groups in total. The molecule has 1 aliphatic heterocycles. The molecule has 106 valence electrons. The van der Waals surface area contributed by atoms with Crippen LogP contribution in [-0.2, 0) is 10.0 Å². The summed E-state index contributed by atoms with van der Waals surface area (Å²) in [6.45, 7) is 2.21. The van der Waals surface area contributed by atoms with Crippen molar-refractivity contribution in [1.82, 2.24) is 4.72 Å². The SMILES string of the molecule is Cc1cc(S(=O)(=O)NCC2CCCS2)cc(N)c1Cl. The largest absolute Gasteiger partial charge is 0.397 e. The fourth-order valence-electron chi connectivity index (χ4n) is 2.01. The van der Waals surface area contributed by atoms with Crippen molar-refractivity contribution in [2.75, 3.05) is 18.0 Å². The summed E-state index contributed by atoms with van der Waals surface area (Å²) < 4.78 is 27.0. The molecule has 0 spiro atoms. The summed E-state index contributed by atoms with van der Waals surface area (Å²) in [4.78, 5) is 0.176. The molecule has 0 bridgehead atoms. The summed E-state index contributed by atoms with van der Waals surface area (Å²) in [5.41, 5.74) is 6.66. The Morgan fingerprint density at radius 1 is 1.53 bits per heavy atom. The van der Waals surface area contributed by atoms with Crippen molar-refractivity contribution in [2.24, 2.45) is 0 Å². The Bertz CT molecular complexity index is 546.